The number of H-pyrrole nitrogens is 1. The van der Waals surface area contributed by atoms with Crippen molar-refractivity contribution in [1.82, 2.24) is 4.98 Å². The standard InChI is InChI=1S/C24H15N2/c1-3-10-21-17(6-1)19-13-12-15(14-23(19)25-21)16-8-5-9-20-18-7-2-4-11-22(18)26-24(16)20/h1-10,12-14,23,26H. The van der Waals surface area contributed by atoms with Gasteiger partial charge >= 0.3 is 0 Å². The lowest BCUT2D eigenvalue weighted by Crippen LogP contribution is -2.21. The van der Waals surface area contributed by atoms with Gasteiger partial charge in [-0.2, -0.15) is 0 Å². The monoisotopic (exact) mass is 331 g/mol. The van der Waals surface area contributed by atoms with Crippen molar-refractivity contribution >= 4 is 33.0 Å². The zero-order valence-corrected chi connectivity index (χ0v) is 14.0. The largest absolute Gasteiger partial charge is 0.353 e. The van der Waals surface area contributed by atoms with Crippen LogP contribution in [0.2, 0.25) is 0 Å². The molecule has 0 saturated carbocycles. The Hall–Kier alpha value is -3.39. The number of aromatic amines is 1. The minimum atomic E-state index is 0.110. The van der Waals surface area contributed by atoms with Crippen molar-refractivity contribution < 1.29 is 0 Å². The molecule has 0 spiro atoms. The smallest absolute Gasteiger partial charge is 0.0953 e. The van der Waals surface area contributed by atoms with E-state index in [0.717, 1.165) is 10.9 Å². The highest BCUT2D eigenvalue weighted by atomic mass is 14.8. The second-order valence-corrected chi connectivity index (χ2v) is 6.81. The van der Waals surface area contributed by atoms with Gasteiger partial charge in [0.1, 0.15) is 0 Å². The van der Waals surface area contributed by atoms with Gasteiger partial charge in [0.25, 0.3) is 0 Å². The number of nitrogens with one attached hydrogen (secondary N) is 1. The van der Waals surface area contributed by atoms with Crippen LogP contribution in [0.1, 0.15) is 5.56 Å². The summed E-state index contributed by atoms with van der Waals surface area (Å²) in [7, 11) is 0. The van der Waals surface area contributed by atoms with Crippen molar-refractivity contribution in [3.05, 3.63) is 101 Å². The van der Waals surface area contributed by atoms with Crippen molar-refractivity contribution in [2.24, 2.45) is 4.99 Å². The van der Waals surface area contributed by atoms with E-state index in [4.69, 9.17) is 4.99 Å². The first-order valence-corrected chi connectivity index (χ1v) is 8.87. The van der Waals surface area contributed by atoms with Gasteiger partial charge in [-0.15, -0.1) is 0 Å². The van der Waals surface area contributed by atoms with Gasteiger partial charge < -0.3 is 4.98 Å². The van der Waals surface area contributed by atoms with Gasteiger partial charge in [0.05, 0.1) is 22.4 Å². The van der Waals surface area contributed by atoms with Crippen LogP contribution in [0.4, 0.5) is 0 Å². The van der Waals surface area contributed by atoms with E-state index in [1.165, 1.54) is 38.2 Å². The number of rotatable bonds is 1. The van der Waals surface area contributed by atoms with Crippen LogP contribution in [0, 0.1) is 6.07 Å². The lowest BCUT2D eigenvalue weighted by Gasteiger charge is -2.14. The Morgan fingerprint density at radius 1 is 0.885 bits per heavy atom. The van der Waals surface area contributed by atoms with E-state index in [1.807, 2.05) is 12.1 Å². The predicted molar refractivity (Wildman–Crippen MR) is 106 cm³/mol. The molecule has 121 valence electrons. The Morgan fingerprint density at radius 3 is 2.81 bits per heavy atom. The number of allylic oxidation sites excluding steroid dienone is 2. The molecule has 0 fully saturated rings. The second kappa shape index (κ2) is 5.06. The molecule has 1 N–H and O–H groups in total. The maximum Gasteiger partial charge on any atom is 0.0953 e. The van der Waals surface area contributed by atoms with Gasteiger partial charge in [-0.1, -0.05) is 66.7 Å². The third kappa shape index (κ3) is 1.84. The third-order valence-electron chi connectivity index (χ3n) is 5.36. The fourth-order valence-electron chi connectivity index (χ4n) is 4.15. The molecule has 2 heterocycles. The summed E-state index contributed by atoms with van der Waals surface area (Å²) < 4.78 is 0. The molecule has 1 atom stereocenters. The molecular weight excluding hydrogens is 316 g/mol. The van der Waals surface area contributed by atoms with Crippen molar-refractivity contribution in [1.29, 1.82) is 0 Å². The number of aromatic nitrogens is 1. The summed E-state index contributed by atoms with van der Waals surface area (Å²) >= 11 is 0. The van der Waals surface area contributed by atoms with Crippen LogP contribution in [0.3, 0.4) is 0 Å². The van der Waals surface area contributed by atoms with Crippen LogP contribution in [-0.4, -0.2) is 11.0 Å². The topological polar surface area (TPSA) is 28.1 Å². The van der Waals surface area contributed by atoms with E-state index in [9.17, 15) is 0 Å². The van der Waals surface area contributed by atoms with Crippen LogP contribution in [-0.2, 0) is 0 Å². The van der Waals surface area contributed by atoms with Crippen molar-refractivity contribution in [3.63, 3.8) is 0 Å². The lowest BCUT2D eigenvalue weighted by atomic mass is 9.92. The first-order valence-electron chi connectivity index (χ1n) is 8.87. The van der Waals surface area contributed by atoms with Gasteiger partial charge in [0.15, 0.2) is 0 Å². The minimum Gasteiger partial charge on any atom is -0.353 e. The maximum atomic E-state index is 4.89. The molecule has 1 aliphatic heterocycles. The number of nitrogens with zero attached hydrogens (tertiary/aromatic N) is 1. The fourth-order valence-corrected chi connectivity index (χ4v) is 4.15. The molecule has 0 saturated heterocycles. The Kier molecular flexibility index (Phi) is 2.69. The Bertz CT molecular complexity index is 1380. The summed E-state index contributed by atoms with van der Waals surface area (Å²) in [6.45, 7) is 0. The van der Waals surface area contributed by atoms with E-state index < -0.39 is 0 Å². The third-order valence-corrected chi connectivity index (χ3v) is 5.36. The molecule has 2 heteroatoms. The van der Waals surface area contributed by atoms with Gasteiger partial charge in [-0.25, -0.2) is 0 Å². The predicted octanol–water partition coefficient (Wildman–Crippen LogP) is 3.93. The van der Waals surface area contributed by atoms with E-state index in [1.54, 1.807) is 0 Å². The van der Waals surface area contributed by atoms with Crippen LogP contribution in [0.5, 0.6) is 0 Å². The van der Waals surface area contributed by atoms with E-state index in [-0.39, 0.29) is 6.04 Å². The highest BCUT2D eigenvalue weighted by Crippen LogP contribution is 2.34. The summed E-state index contributed by atoms with van der Waals surface area (Å²) in [4.78, 5) is 8.44. The van der Waals surface area contributed by atoms with Crippen LogP contribution < -0.4 is 10.6 Å². The van der Waals surface area contributed by atoms with Crippen LogP contribution >= 0.6 is 0 Å². The molecule has 0 bridgehead atoms. The van der Waals surface area contributed by atoms with Crippen molar-refractivity contribution in [3.8, 4) is 0 Å². The van der Waals surface area contributed by atoms with Crippen molar-refractivity contribution in [2.45, 2.75) is 6.04 Å². The number of hydrogen-bond donors (Lipinski definition) is 1. The normalized spacial score (nSPS) is 17.9. The molecule has 2 aliphatic rings. The summed E-state index contributed by atoms with van der Waals surface area (Å²) in [5.41, 5.74) is 5.95. The highest BCUT2D eigenvalue weighted by Gasteiger charge is 2.20. The molecule has 3 aromatic carbocycles. The SMILES string of the molecule is [c]1cccc2c1[nH]c1c(C3=CC4N=c5ccccc5=C4C=C3)cccc12. The lowest BCUT2D eigenvalue weighted by molar-refractivity contribution is 1.03. The van der Waals surface area contributed by atoms with Gasteiger partial charge in [-0.3, -0.25) is 4.99 Å². The van der Waals surface area contributed by atoms with Crippen LogP contribution in [0.25, 0.3) is 33.0 Å². The zero-order valence-electron chi connectivity index (χ0n) is 14.0. The molecule has 0 amide bonds. The first kappa shape index (κ1) is 13.9. The minimum absolute atomic E-state index is 0.110. The van der Waals surface area contributed by atoms with E-state index in [0.29, 0.717) is 0 Å². The molecule has 1 unspecified atom stereocenters. The Morgan fingerprint density at radius 2 is 1.81 bits per heavy atom. The molecule has 4 aromatic rings. The number of benzene rings is 3. The fraction of sp³-hybridized carbons (Fsp3) is 0.0417. The first-order chi connectivity index (χ1) is 12.9. The van der Waals surface area contributed by atoms with Gasteiger partial charge in [-0.05, 0) is 23.3 Å². The summed E-state index contributed by atoms with van der Waals surface area (Å²) in [5.74, 6) is 0. The molecular formula is C24H15N2. The van der Waals surface area contributed by atoms with E-state index >= 15 is 0 Å². The van der Waals surface area contributed by atoms with E-state index in [2.05, 4.69) is 77.8 Å². The molecule has 1 aliphatic carbocycles. The molecule has 1 radical (unpaired) electrons. The average molecular weight is 331 g/mol. The summed E-state index contributed by atoms with van der Waals surface area (Å²) in [5, 5.41) is 4.80. The Labute approximate surface area is 150 Å². The van der Waals surface area contributed by atoms with Gasteiger partial charge in [0, 0.05) is 27.6 Å². The number of hydrogen-bond acceptors (Lipinski definition) is 1. The van der Waals surface area contributed by atoms with Gasteiger partial charge in [0.2, 0.25) is 0 Å². The number of para-hydroxylation sites is 3. The highest BCUT2D eigenvalue weighted by molar-refractivity contribution is 6.11. The quantitative estimate of drug-likeness (QED) is 0.547. The summed E-state index contributed by atoms with van der Waals surface area (Å²) in [6.07, 6.45) is 6.72. The maximum absolute atomic E-state index is 4.89. The summed E-state index contributed by atoms with van der Waals surface area (Å²) in [6, 6.07) is 24.4. The number of fused-ring (bicyclic) bond motifs is 5. The van der Waals surface area contributed by atoms with Crippen molar-refractivity contribution in [2.75, 3.05) is 0 Å². The van der Waals surface area contributed by atoms with Crippen LogP contribution in [0.15, 0.2) is 83.9 Å². The average Bonchev–Trinajstić information content (AvgIpc) is 3.25. The Balaban J connectivity index is 1.57. The zero-order chi connectivity index (χ0) is 17.1. The molecule has 2 nitrogen and oxygen atoms in total. The second-order valence-electron chi connectivity index (χ2n) is 6.81. The molecule has 26 heavy (non-hydrogen) atoms. The molecule has 6 rings (SSSR count). The molecule has 1 aromatic heterocycles.